The Balaban J connectivity index is 2.44. The van der Waals surface area contributed by atoms with E-state index >= 15 is 0 Å². The lowest BCUT2D eigenvalue weighted by Crippen LogP contribution is -2.17. The number of aldehydes is 1. The van der Waals surface area contributed by atoms with Crippen LogP contribution in [0.4, 0.5) is 13.2 Å². The maximum absolute atomic E-state index is 12.2. The normalized spacial score (nSPS) is 11.4. The summed E-state index contributed by atoms with van der Waals surface area (Å²) in [5, 5.41) is 4.14. The summed E-state index contributed by atoms with van der Waals surface area (Å²) in [5.41, 5.74) is 1.88. The number of ether oxygens (including phenoxy) is 1. The smallest absolute Gasteiger partial charge is 0.406 e. The highest BCUT2D eigenvalue weighted by molar-refractivity contribution is 5.78. The van der Waals surface area contributed by atoms with Gasteiger partial charge in [0.05, 0.1) is 22.6 Å². The van der Waals surface area contributed by atoms with Crippen molar-refractivity contribution in [2.45, 2.75) is 20.2 Å². The highest BCUT2D eigenvalue weighted by Crippen LogP contribution is 2.25. The van der Waals surface area contributed by atoms with Gasteiger partial charge in [-0.2, -0.15) is 5.10 Å². The minimum atomic E-state index is -4.75. The minimum Gasteiger partial charge on any atom is -0.406 e. The van der Waals surface area contributed by atoms with Crippen molar-refractivity contribution in [1.82, 2.24) is 9.78 Å². The van der Waals surface area contributed by atoms with Gasteiger partial charge in [-0.1, -0.05) is 6.07 Å². The fraction of sp³-hybridized carbons (Fsp3) is 0.231. The Hall–Kier alpha value is -2.31. The molecule has 0 aliphatic carbocycles. The van der Waals surface area contributed by atoms with E-state index in [2.05, 4.69) is 9.84 Å². The van der Waals surface area contributed by atoms with Crippen molar-refractivity contribution in [3.63, 3.8) is 0 Å². The summed E-state index contributed by atoms with van der Waals surface area (Å²) in [7, 11) is 0. The van der Waals surface area contributed by atoms with Crippen LogP contribution >= 0.6 is 0 Å². The maximum Gasteiger partial charge on any atom is 0.573 e. The molecule has 0 bridgehead atoms. The van der Waals surface area contributed by atoms with E-state index in [1.165, 1.54) is 22.9 Å². The number of hydrogen-bond acceptors (Lipinski definition) is 3. The zero-order chi connectivity index (χ0) is 14.9. The molecular weight excluding hydrogens is 273 g/mol. The topological polar surface area (TPSA) is 44.1 Å². The van der Waals surface area contributed by atoms with Crippen molar-refractivity contribution in [2.75, 3.05) is 0 Å². The first-order valence-corrected chi connectivity index (χ1v) is 5.69. The number of alkyl halides is 3. The standard InChI is InChI=1S/C13H11F3N2O2/c1-8-12(7-19)9(2)18(17-8)10-4-3-5-11(6-10)20-13(14,15)16/h3-7H,1-2H3. The first-order valence-electron chi connectivity index (χ1n) is 5.69. The second-order valence-electron chi connectivity index (χ2n) is 4.16. The quantitative estimate of drug-likeness (QED) is 0.813. The third-order valence-corrected chi connectivity index (χ3v) is 2.76. The van der Waals surface area contributed by atoms with E-state index in [-0.39, 0.29) is 5.75 Å². The molecule has 1 aromatic carbocycles. The summed E-state index contributed by atoms with van der Waals surface area (Å²) >= 11 is 0. The molecule has 1 aromatic heterocycles. The second-order valence-corrected chi connectivity index (χ2v) is 4.16. The van der Waals surface area contributed by atoms with Crippen molar-refractivity contribution in [1.29, 1.82) is 0 Å². The number of carbonyl (C=O) groups is 1. The third-order valence-electron chi connectivity index (χ3n) is 2.76. The number of halogens is 3. The summed E-state index contributed by atoms with van der Waals surface area (Å²) in [4.78, 5) is 10.9. The molecule has 0 spiro atoms. The zero-order valence-electron chi connectivity index (χ0n) is 10.7. The Labute approximate surface area is 112 Å². The number of carbonyl (C=O) groups excluding carboxylic acids is 1. The van der Waals surface area contributed by atoms with Gasteiger partial charge in [-0.15, -0.1) is 13.2 Å². The number of aryl methyl sites for hydroxylation is 1. The average molecular weight is 284 g/mol. The maximum atomic E-state index is 12.2. The summed E-state index contributed by atoms with van der Waals surface area (Å²) in [6.07, 6.45) is -4.08. The largest absolute Gasteiger partial charge is 0.573 e. The van der Waals surface area contributed by atoms with Gasteiger partial charge < -0.3 is 4.74 Å². The monoisotopic (exact) mass is 284 g/mol. The van der Waals surface area contributed by atoms with Crippen molar-refractivity contribution in [2.24, 2.45) is 0 Å². The highest BCUT2D eigenvalue weighted by Gasteiger charge is 2.31. The van der Waals surface area contributed by atoms with E-state index in [1.807, 2.05) is 0 Å². The Morgan fingerprint density at radius 3 is 2.55 bits per heavy atom. The SMILES string of the molecule is Cc1nn(-c2cccc(OC(F)(F)F)c2)c(C)c1C=O. The van der Waals surface area contributed by atoms with Crippen LogP contribution in [0.1, 0.15) is 21.7 Å². The molecule has 0 aliphatic heterocycles. The molecule has 2 aromatic rings. The number of rotatable bonds is 3. The van der Waals surface area contributed by atoms with Crippen LogP contribution in [0.5, 0.6) is 5.75 Å². The lowest BCUT2D eigenvalue weighted by Gasteiger charge is -2.10. The van der Waals surface area contributed by atoms with Crippen LogP contribution in [0.3, 0.4) is 0 Å². The van der Waals surface area contributed by atoms with Gasteiger partial charge in [-0.3, -0.25) is 4.79 Å². The molecule has 0 N–H and O–H groups in total. The Morgan fingerprint density at radius 1 is 1.30 bits per heavy atom. The van der Waals surface area contributed by atoms with Crippen LogP contribution in [0.15, 0.2) is 24.3 Å². The second kappa shape index (κ2) is 4.99. The van der Waals surface area contributed by atoms with E-state index in [9.17, 15) is 18.0 Å². The fourth-order valence-corrected chi connectivity index (χ4v) is 1.89. The summed E-state index contributed by atoms with van der Waals surface area (Å²) in [6, 6.07) is 5.41. The highest BCUT2D eigenvalue weighted by atomic mass is 19.4. The van der Waals surface area contributed by atoms with Gasteiger partial charge in [-0.25, -0.2) is 4.68 Å². The Kier molecular flexibility index (Phi) is 3.52. The zero-order valence-corrected chi connectivity index (χ0v) is 10.7. The first kappa shape index (κ1) is 14.1. The van der Waals surface area contributed by atoms with Gasteiger partial charge in [0.1, 0.15) is 5.75 Å². The average Bonchev–Trinajstić information content (AvgIpc) is 2.62. The predicted octanol–water partition coefficient (Wildman–Crippen LogP) is 3.20. The van der Waals surface area contributed by atoms with Crippen LogP contribution in [-0.4, -0.2) is 22.4 Å². The van der Waals surface area contributed by atoms with Crippen molar-refractivity contribution < 1.29 is 22.7 Å². The van der Waals surface area contributed by atoms with Crippen molar-refractivity contribution in [3.8, 4) is 11.4 Å². The van der Waals surface area contributed by atoms with Crippen LogP contribution in [-0.2, 0) is 0 Å². The molecule has 0 atom stereocenters. The molecule has 7 heteroatoms. The molecular formula is C13H11F3N2O2. The fourth-order valence-electron chi connectivity index (χ4n) is 1.89. The molecule has 20 heavy (non-hydrogen) atoms. The van der Waals surface area contributed by atoms with Gasteiger partial charge in [0, 0.05) is 6.07 Å². The van der Waals surface area contributed by atoms with E-state index in [0.29, 0.717) is 28.9 Å². The van der Waals surface area contributed by atoms with Crippen LogP contribution in [0.25, 0.3) is 5.69 Å². The van der Waals surface area contributed by atoms with Gasteiger partial charge in [0.15, 0.2) is 6.29 Å². The van der Waals surface area contributed by atoms with Crippen molar-refractivity contribution >= 4 is 6.29 Å². The van der Waals surface area contributed by atoms with Gasteiger partial charge >= 0.3 is 6.36 Å². The number of nitrogens with zero attached hydrogens (tertiary/aromatic N) is 2. The molecule has 0 radical (unpaired) electrons. The molecule has 0 fully saturated rings. The summed E-state index contributed by atoms with van der Waals surface area (Å²) in [5.74, 6) is -0.338. The van der Waals surface area contributed by atoms with E-state index in [0.717, 1.165) is 0 Å². The molecule has 0 unspecified atom stereocenters. The van der Waals surface area contributed by atoms with Crippen LogP contribution in [0, 0.1) is 13.8 Å². The first-order chi connectivity index (χ1) is 9.31. The van der Waals surface area contributed by atoms with Gasteiger partial charge in [0.25, 0.3) is 0 Å². The van der Waals surface area contributed by atoms with E-state index < -0.39 is 6.36 Å². The van der Waals surface area contributed by atoms with Crippen molar-refractivity contribution in [3.05, 3.63) is 41.2 Å². The molecule has 4 nitrogen and oxygen atoms in total. The molecule has 0 amide bonds. The van der Waals surface area contributed by atoms with Crippen LogP contribution in [0.2, 0.25) is 0 Å². The predicted molar refractivity (Wildman–Crippen MR) is 65.1 cm³/mol. The van der Waals surface area contributed by atoms with Gasteiger partial charge in [-0.05, 0) is 26.0 Å². The molecule has 1 heterocycles. The number of benzene rings is 1. The van der Waals surface area contributed by atoms with E-state index in [4.69, 9.17) is 0 Å². The Bertz CT molecular complexity index is 648. The molecule has 106 valence electrons. The summed E-state index contributed by atoms with van der Waals surface area (Å²) < 4.78 is 41.8. The van der Waals surface area contributed by atoms with Gasteiger partial charge in [0.2, 0.25) is 0 Å². The molecule has 0 saturated carbocycles. The number of aromatic nitrogens is 2. The lowest BCUT2D eigenvalue weighted by molar-refractivity contribution is -0.274. The minimum absolute atomic E-state index is 0.338. The summed E-state index contributed by atoms with van der Waals surface area (Å²) in [6.45, 7) is 3.32. The number of hydrogen-bond donors (Lipinski definition) is 0. The van der Waals surface area contributed by atoms with E-state index in [1.54, 1.807) is 19.9 Å². The Morgan fingerprint density at radius 2 is 2.00 bits per heavy atom. The molecule has 0 aliphatic rings. The molecule has 2 rings (SSSR count). The molecule has 0 saturated heterocycles. The van der Waals surface area contributed by atoms with Crippen LogP contribution < -0.4 is 4.74 Å². The third kappa shape index (κ3) is 2.81. The lowest BCUT2D eigenvalue weighted by atomic mass is 10.2.